The van der Waals surface area contributed by atoms with E-state index in [1.807, 2.05) is 24.3 Å². The lowest BCUT2D eigenvalue weighted by atomic mass is 10.1. The van der Waals surface area contributed by atoms with Crippen molar-refractivity contribution >= 4 is 10.8 Å². The summed E-state index contributed by atoms with van der Waals surface area (Å²) in [4.78, 5) is 0. The van der Waals surface area contributed by atoms with E-state index in [1.54, 1.807) is 12.1 Å². The van der Waals surface area contributed by atoms with E-state index in [4.69, 9.17) is 14.6 Å². The van der Waals surface area contributed by atoms with E-state index in [0.717, 1.165) is 10.8 Å². The number of aliphatic hydroxyl groups is 3. The molecule has 6 nitrogen and oxygen atoms in total. The van der Waals surface area contributed by atoms with Crippen LogP contribution in [0.1, 0.15) is 0 Å². The van der Waals surface area contributed by atoms with Crippen molar-refractivity contribution in [2.24, 2.45) is 0 Å². The molecule has 4 N–H and O–H groups in total. The average Bonchev–Trinajstić information content (AvgIpc) is 2.76. The smallest absolute Gasteiger partial charge is 0.229 e. The Hall–Kier alpha value is -1.86. The second kappa shape index (κ2) is 5.50. The summed E-state index contributed by atoms with van der Waals surface area (Å²) in [6.07, 6.45) is -4.59. The van der Waals surface area contributed by atoms with Gasteiger partial charge in [0.2, 0.25) is 6.29 Å². The van der Waals surface area contributed by atoms with Crippen molar-refractivity contribution in [3.8, 4) is 11.5 Å². The van der Waals surface area contributed by atoms with Gasteiger partial charge in [0, 0.05) is 0 Å². The zero-order valence-corrected chi connectivity index (χ0v) is 11.1. The predicted octanol–water partition coefficient (Wildman–Crippen LogP) is 0.363. The average molecular weight is 292 g/mol. The molecule has 6 heteroatoms. The third-order valence-corrected chi connectivity index (χ3v) is 3.57. The lowest BCUT2D eigenvalue weighted by molar-refractivity contribution is -0.117. The summed E-state index contributed by atoms with van der Waals surface area (Å²) in [7, 11) is 0. The molecule has 0 amide bonds. The van der Waals surface area contributed by atoms with Gasteiger partial charge in [-0.25, -0.2) is 0 Å². The number of phenols is 1. The zero-order valence-electron chi connectivity index (χ0n) is 11.1. The Bertz CT molecular complexity index is 643. The van der Waals surface area contributed by atoms with Gasteiger partial charge in [0.15, 0.2) is 11.5 Å². The molecule has 1 saturated heterocycles. The molecule has 0 aromatic heterocycles. The molecule has 1 aliphatic heterocycles. The molecule has 21 heavy (non-hydrogen) atoms. The molecule has 1 aliphatic rings. The highest BCUT2D eigenvalue weighted by Gasteiger charge is 2.44. The molecule has 0 unspecified atom stereocenters. The Labute approximate surface area is 120 Å². The van der Waals surface area contributed by atoms with Gasteiger partial charge in [-0.15, -0.1) is 0 Å². The molecule has 0 radical (unpaired) electrons. The number of fused-ring (bicyclic) bond motifs is 1. The monoisotopic (exact) mass is 292 g/mol. The number of benzene rings is 2. The maximum absolute atomic E-state index is 9.97. The lowest BCUT2D eigenvalue weighted by Crippen LogP contribution is -2.35. The fourth-order valence-electron chi connectivity index (χ4n) is 2.39. The molecule has 2 aromatic carbocycles. The van der Waals surface area contributed by atoms with Crippen LogP contribution in [0.15, 0.2) is 36.4 Å². The normalized spacial score (nSPS) is 28.9. The first-order chi connectivity index (χ1) is 10.1. The maximum atomic E-state index is 9.97. The first-order valence-electron chi connectivity index (χ1n) is 6.61. The molecule has 0 aliphatic carbocycles. The molecule has 0 bridgehead atoms. The van der Waals surface area contributed by atoms with Gasteiger partial charge < -0.3 is 29.9 Å². The summed E-state index contributed by atoms with van der Waals surface area (Å²) in [5.41, 5.74) is 0. The third kappa shape index (κ3) is 2.54. The highest BCUT2D eigenvalue weighted by Crippen LogP contribution is 2.34. The molecule has 2 aromatic rings. The fourth-order valence-corrected chi connectivity index (χ4v) is 2.39. The topological polar surface area (TPSA) is 99.4 Å². The Morgan fingerprint density at radius 3 is 2.33 bits per heavy atom. The van der Waals surface area contributed by atoms with Crippen LogP contribution in [0.5, 0.6) is 11.5 Å². The van der Waals surface area contributed by atoms with Crippen molar-refractivity contribution in [2.45, 2.75) is 24.6 Å². The minimum Gasteiger partial charge on any atom is -0.504 e. The molecule has 4 atom stereocenters. The summed E-state index contributed by atoms with van der Waals surface area (Å²) in [6, 6.07) is 10.6. The SMILES string of the molecule is OC[C@H]1O[C@@H](Oc2cc3ccccc3cc2O)[C@H](O)[C@@H]1O. The van der Waals surface area contributed by atoms with Crippen LogP contribution in [-0.2, 0) is 4.74 Å². The number of aromatic hydroxyl groups is 1. The molecule has 1 fully saturated rings. The molecule has 3 rings (SSSR count). The fraction of sp³-hybridized carbons (Fsp3) is 0.333. The van der Waals surface area contributed by atoms with Crippen LogP contribution in [0.4, 0.5) is 0 Å². The van der Waals surface area contributed by atoms with Crippen molar-refractivity contribution < 1.29 is 29.9 Å². The number of aliphatic hydroxyl groups excluding tert-OH is 3. The van der Waals surface area contributed by atoms with Crippen LogP contribution < -0.4 is 4.74 Å². The largest absolute Gasteiger partial charge is 0.504 e. The van der Waals surface area contributed by atoms with Gasteiger partial charge in [-0.2, -0.15) is 0 Å². The predicted molar refractivity (Wildman–Crippen MR) is 74.0 cm³/mol. The van der Waals surface area contributed by atoms with Crippen molar-refractivity contribution in [1.82, 2.24) is 0 Å². The third-order valence-electron chi connectivity index (χ3n) is 3.57. The second-order valence-electron chi connectivity index (χ2n) is 4.99. The first kappa shape index (κ1) is 14.1. The van der Waals surface area contributed by atoms with Crippen LogP contribution in [0.25, 0.3) is 10.8 Å². The number of phenolic OH excluding ortho intramolecular Hbond substituents is 1. The Kier molecular flexibility index (Phi) is 3.69. The van der Waals surface area contributed by atoms with E-state index in [2.05, 4.69) is 0 Å². The Balaban J connectivity index is 1.86. The van der Waals surface area contributed by atoms with Gasteiger partial charge in [-0.05, 0) is 22.9 Å². The van der Waals surface area contributed by atoms with Gasteiger partial charge in [0.25, 0.3) is 0 Å². The van der Waals surface area contributed by atoms with Crippen molar-refractivity contribution in [3.63, 3.8) is 0 Å². The number of hydrogen-bond acceptors (Lipinski definition) is 6. The minimum absolute atomic E-state index is 0.0913. The molecule has 1 heterocycles. The minimum atomic E-state index is -1.30. The standard InChI is InChI=1S/C15H16O6/c16-7-12-13(18)14(19)15(21-12)20-11-6-9-4-2-1-3-8(9)5-10(11)17/h1-6,12-19H,7H2/t12-,13-,14-,15-/m1/s1. The Morgan fingerprint density at radius 2 is 1.71 bits per heavy atom. The van der Waals surface area contributed by atoms with Crippen molar-refractivity contribution in [3.05, 3.63) is 36.4 Å². The Morgan fingerprint density at radius 1 is 1.05 bits per heavy atom. The van der Waals surface area contributed by atoms with Crippen molar-refractivity contribution in [2.75, 3.05) is 6.61 Å². The summed E-state index contributed by atoms with van der Waals surface area (Å²) in [5.74, 6) is 0.0509. The highest BCUT2D eigenvalue weighted by molar-refractivity contribution is 5.85. The van der Waals surface area contributed by atoms with Crippen LogP contribution in [0.3, 0.4) is 0 Å². The van der Waals surface area contributed by atoms with E-state index in [-0.39, 0.29) is 11.5 Å². The van der Waals surface area contributed by atoms with E-state index in [0.29, 0.717) is 0 Å². The second-order valence-corrected chi connectivity index (χ2v) is 4.99. The molecule has 0 spiro atoms. The van der Waals surface area contributed by atoms with Gasteiger partial charge in [0.1, 0.15) is 18.3 Å². The number of ether oxygens (including phenoxy) is 2. The van der Waals surface area contributed by atoms with Crippen LogP contribution in [0.2, 0.25) is 0 Å². The van der Waals surface area contributed by atoms with Gasteiger partial charge in [-0.1, -0.05) is 24.3 Å². The molecule has 0 saturated carbocycles. The van der Waals surface area contributed by atoms with Gasteiger partial charge in [-0.3, -0.25) is 0 Å². The van der Waals surface area contributed by atoms with E-state index < -0.39 is 31.2 Å². The summed E-state index contributed by atoms with van der Waals surface area (Å²) in [6.45, 7) is -0.429. The number of rotatable bonds is 3. The van der Waals surface area contributed by atoms with E-state index in [9.17, 15) is 15.3 Å². The van der Waals surface area contributed by atoms with Crippen LogP contribution >= 0.6 is 0 Å². The lowest BCUT2D eigenvalue weighted by Gasteiger charge is -2.18. The van der Waals surface area contributed by atoms with Gasteiger partial charge in [0.05, 0.1) is 6.61 Å². The van der Waals surface area contributed by atoms with Crippen molar-refractivity contribution in [1.29, 1.82) is 0 Å². The maximum Gasteiger partial charge on any atom is 0.229 e. The summed E-state index contributed by atoms with van der Waals surface area (Å²) < 4.78 is 10.7. The quantitative estimate of drug-likeness (QED) is 0.652. The van der Waals surface area contributed by atoms with Crippen LogP contribution in [-0.4, -0.2) is 51.6 Å². The van der Waals surface area contributed by atoms with Gasteiger partial charge >= 0.3 is 0 Å². The van der Waals surface area contributed by atoms with E-state index >= 15 is 0 Å². The van der Waals surface area contributed by atoms with Crippen LogP contribution in [0, 0.1) is 0 Å². The van der Waals surface area contributed by atoms with E-state index in [1.165, 1.54) is 0 Å². The molecular weight excluding hydrogens is 276 g/mol. The molecular formula is C15H16O6. The molecule has 112 valence electrons. The first-order valence-corrected chi connectivity index (χ1v) is 6.61. The summed E-state index contributed by atoms with van der Waals surface area (Å²) >= 11 is 0. The highest BCUT2D eigenvalue weighted by atomic mass is 16.7. The number of hydrogen-bond donors (Lipinski definition) is 4. The zero-order chi connectivity index (χ0) is 15.0. The summed E-state index contributed by atoms with van der Waals surface area (Å²) in [5, 5.41) is 40.2.